The summed E-state index contributed by atoms with van der Waals surface area (Å²) in [5.41, 5.74) is 9.68. The van der Waals surface area contributed by atoms with Crippen LogP contribution in [0.3, 0.4) is 0 Å². The van der Waals surface area contributed by atoms with Crippen LogP contribution in [0.4, 0.5) is 0 Å². The van der Waals surface area contributed by atoms with E-state index < -0.39 is 0 Å². The molecule has 2 N–H and O–H groups in total. The average Bonchev–Trinajstić information content (AvgIpc) is 3.05. The molecular weight excluding hydrogens is 618 g/mol. The molecule has 0 unspecified atom stereocenters. The van der Waals surface area contributed by atoms with Gasteiger partial charge in [-0.25, -0.2) is 0 Å². The molecule has 0 saturated carbocycles. The van der Waals surface area contributed by atoms with Gasteiger partial charge in [0.1, 0.15) is 5.75 Å². The summed E-state index contributed by atoms with van der Waals surface area (Å²) in [6.07, 6.45) is 4.20. The van der Waals surface area contributed by atoms with E-state index in [4.69, 9.17) is 9.53 Å². The van der Waals surface area contributed by atoms with Crippen LogP contribution in [0.2, 0.25) is 0 Å². The summed E-state index contributed by atoms with van der Waals surface area (Å²) in [6.45, 7) is 9.34. The van der Waals surface area contributed by atoms with Gasteiger partial charge in [0.25, 0.3) is 0 Å². The van der Waals surface area contributed by atoms with E-state index in [1.54, 1.807) is 14.2 Å². The standard InChI is InChI=1S/C18H19BrNO2.C3H7N.CH3NO.W/c1-11(2)6-13-7-14(10-21)20-5-4-12-8-17(22-3)16(19)9-15(12)18(13)20;1-3-4-2;2-1-3;/h7-9,11H,4-6H2,1-3H3;1,3H2,2H3;1H,(H2,2,3);/q-1;-2;;. The number of hydrogen-bond donors (Lipinski definition) is 1. The fourth-order valence-corrected chi connectivity index (χ4v) is 3.75. The molecule has 1 aliphatic heterocycles. The summed E-state index contributed by atoms with van der Waals surface area (Å²) >= 11 is 3.58. The minimum atomic E-state index is 0. The number of carbonyl (C=O) groups is 1. The second-order valence-electron chi connectivity index (χ2n) is 6.82. The fourth-order valence-electron chi connectivity index (χ4n) is 3.25. The quantitative estimate of drug-likeness (QED) is 0.393. The molecule has 166 valence electrons. The van der Waals surface area contributed by atoms with E-state index in [9.17, 15) is 4.79 Å². The summed E-state index contributed by atoms with van der Waals surface area (Å²) in [6, 6.07) is 6.20. The Labute approximate surface area is 202 Å². The van der Waals surface area contributed by atoms with Crippen molar-refractivity contribution in [1.82, 2.24) is 4.57 Å². The van der Waals surface area contributed by atoms with E-state index in [0.29, 0.717) is 18.2 Å². The number of hydrogen-bond acceptors (Lipinski definition) is 3. The maximum Gasteiger partial charge on any atom is 0.204 e. The van der Waals surface area contributed by atoms with Gasteiger partial charge in [0.2, 0.25) is 6.41 Å². The topological polar surface area (TPSA) is 88.4 Å². The molecule has 8 heteroatoms. The summed E-state index contributed by atoms with van der Waals surface area (Å²) in [7, 11) is 3.43. The first-order chi connectivity index (χ1) is 13.9. The van der Waals surface area contributed by atoms with Gasteiger partial charge in [0, 0.05) is 45.2 Å². The van der Waals surface area contributed by atoms with Crippen molar-refractivity contribution in [2.75, 3.05) is 20.7 Å². The molecule has 0 bridgehead atoms. The van der Waals surface area contributed by atoms with Crippen molar-refractivity contribution in [1.29, 1.82) is 0 Å². The Kier molecular flexibility index (Phi) is 13.9. The van der Waals surface area contributed by atoms with Crippen molar-refractivity contribution in [3.63, 3.8) is 0 Å². The molecule has 0 saturated heterocycles. The molecule has 1 aromatic carbocycles. The first kappa shape index (κ1) is 28.6. The van der Waals surface area contributed by atoms with Crippen molar-refractivity contribution < 1.29 is 35.4 Å². The van der Waals surface area contributed by atoms with E-state index in [1.165, 1.54) is 16.7 Å². The second kappa shape index (κ2) is 14.6. The van der Waals surface area contributed by atoms with Crippen LogP contribution in [0.25, 0.3) is 16.6 Å². The average molecular weight is 647 g/mol. The van der Waals surface area contributed by atoms with Gasteiger partial charge in [0.15, 0.2) is 0 Å². The summed E-state index contributed by atoms with van der Waals surface area (Å²) < 4.78 is 8.45. The predicted molar refractivity (Wildman–Crippen MR) is 121 cm³/mol. The number of benzene rings is 1. The molecule has 3 rings (SSSR count). The van der Waals surface area contributed by atoms with Crippen LogP contribution in [0.1, 0.15) is 30.7 Å². The maximum absolute atomic E-state index is 11.3. The third-order valence-corrected chi connectivity index (χ3v) is 4.99. The van der Waals surface area contributed by atoms with Crippen molar-refractivity contribution in [3.05, 3.63) is 51.7 Å². The number of primary amides is 1. The van der Waals surface area contributed by atoms with Crippen LogP contribution in [0, 0.1) is 12.8 Å². The van der Waals surface area contributed by atoms with E-state index in [2.05, 4.69) is 70.7 Å². The third-order valence-electron chi connectivity index (χ3n) is 4.37. The summed E-state index contributed by atoms with van der Waals surface area (Å²) in [5.74, 6) is 1.39. The van der Waals surface area contributed by atoms with E-state index in [0.717, 1.165) is 35.3 Å². The molecule has 0 atom stereocenters. The van der Waals surface area contributed by atoms with Gasteiger partial charge in [-0.05, 0) is 52.4 Å². The van der Waals surface area contributed by atoms with Gasteiger partial charge in [-0.1, -0.05) is 19.5 Å². The number of nitrogens with zero attached hydrogens (tertiary/aromatic N) is 2. The van der Waals surface area contributed by atoms with Crippen LogP contribution in [0.15, 0.2) is 22.7 Å². The van der Waals surface area contributed by atoms with Crippen LogP contribution in [-0.2, 0) is 50.0 Å². The number of methoxy groups -OCH3 is 1. The van der Waals surface area contributed by atoms with Crippen molar-refractivity contribution in [2.45, 2.75) is 33.2 Å². The number of aromatic nitrogens is 1. The first-order valence-electron chi connectivity index (χ1n) is 9.35. The molecule has 30 heavy (non-hydrogen) atoms. The Balaban J connectivity index is 0.000000925. The van der Waals surface area contributed by atoms with Gasteiger partial charge in [-0.15, -0.1) is 5.56 Å². The van der Waals surface area contributed by atoms with Crippen LogP contribution >= 0.6 is 15.9 Å². The van der Waals surface area contributed by atoms with Gasteiger partial charge >= 0.3 is 0 Å². The SMILES string of the molecule is COc1cc2c(cc1Br)-c1c(CC(C)C)cc([C-]=O)n1CC2.NC=O.[CH2-]C[N-]C.[W]. The molecule has 2 aromatic rings. The molecule has 1 aromatic heterocycles. The van der Waals surface area contributed by atoms with E-state index in [-0.39, 0.29) is 27.5 Å². The van der Waals surface area contributed by atoms with Crippen LogP contribution < -0.4 is 10.5 Å². The third kappa shape index (κ3) is 7.36. The molecule has 1 amide bonds. The molecule has 2 heterocycles. The number of amides is 1. The van der Waals surface area contributed by atoms with Gasteiger partial charge < -0.3 is 32.1 Å². The van der Waals surface area contributed by atoms with Gasteiger partial charge in [-0.3, -0.25) is 11.3 Å². The fraction of sp³-hybridized carbons (Fsp3) is 0.409. The van der Waals surface area contributed by atoms with E-state index >= 15 is 0 Å². The van der Waals surface area contributed by atoms with E-state index in [1.807, 2.05) is 6.07 Å². The number of carbonyl (C=O) groups excluding carboxylic acids is 2. The Morgan fingerprint density at radius 3 is 2.47 bits per heavy atom. The molecule has 0 fully saturated rings. The minimum absolute atomic E-state index is 0. The number of rotatable bonds is 5. The Morgan fingerprint density at radius 2 is 2.00 bits per heavy atom. The number of fused-ring (bicyclic) bond motifs is 3. The van der Waals surface area contributed by atoms with Crippen LogP contribution in [0.5, 0.6) is 5.75 Å². The molecule has 0 spiro atoms. The molecule has 0 radical (unpaired) electrons. The summed E-state index contributed by atoms with van der Waals surface area (Å²) in [4.78, 5) is 19.9. The van der Waals surface area contributed by atoms with Crippen molar-refractivity contribution >= 4 is 28.6 Å². The minimum Gasteiger partial charge on any atom is -0.691 e. The summed E-state index contributed by atoms with van der Waals surface area (Å²) in [5, 5.41) is 3.62. The Hall–Kier alpha value is -1.43. The first-order valence-corrected chi connectivity index (χ1v) is 10.1. The monoisotopic (exact) mass is 646 g/mol. The van der Waals surface area contributed by atoms with Crippen molar-refractivity contribution in [2.24, 2.45) is 11.7 Å². The zero-order valence-electron chi connectivity index (χ0n) is 17.9. The molecule has 6 nitrogen and oxygen atoms in total. The number of ether oxygens (including phenoxy) is 1. The maximum atomic E-state index is 11.3. The zero-order valence-corrected chi connectivity index (χ0v) is 22.4. The Bertz CT molecular complexity index is 820. The van der Waals surface area contributed by atoms with Crippen molar-refractivity contribution in [3.8, 4) is 17.0 Å². The van der Waals surface area contributed by atoms with Gasteiger partial charge in [0.05, 0.1) is 11.6 Å². The molecule has 0 aliphatic carbocycles. The molecule has 1 aliphatic rings. The largest absolute Gasteiger partial charge is 0.691 e. The Morgan fingerprint density at radius 1 is 1.40 bits per heavy atom. The number of nitrogens with two attached hydrogens (primary N) is 1. The molecular formula is C22H29BrN3O3W-3. The smallest absolute Gasteiger partial charge is 0.204 e. The second-order valence-corrected chi connectivity index (χ2v) is 7.68. The number of halogens is 1. The predicted octanol–water partition coefficient (Wildman–Crippen LogP) is 4.06. The van der Waals surface area contributed by atoms with Crippen LogP contribution in [-0.4, -0.2) is 38.0 Å². The van der Waals surface area contributed by atoms with Gasteiger partial charge in [-0.2, -0.15) is 13.1 Å². The zero-order chi connectivity index (χ0) is 22.0. The number of aryl methyl sites for hydroxylation is 1. The normalized spacial score (nSPS) is 10.9.